The van der Waals surface area contributed by atoms with Gasteiger partial charge in [-0.05, 0) is 44.2 Å². The molecule has 0 radical (unpaired) electrons. The van der Waals surface area contributed by atoms with E-state index in [9.17, 15) is 13.6 Å². The Hall–Kier alpha value is -4.01. The van der Waals surface area contributed by atoms with Crippen molar-refractivity contribution in [1.82, 2.24) is 24.9 Å². The summed E-state index contributed by atoms with van der Waals surface area (Å²) in [5, 5.41) is 11.6. The molecule has 0 aliphatic carbocycles. The third-order valence-electron chi connectivity index (χ3n) is 4.99. The van der Waals surface area contributed by atoms with Crippen molar-refractivity contribution in [1.29, 1.82) is 0 Å². The summed E-state index contributed by atoms with van der Waals surface area (Å²) in [6, 6.07) is 14.3. The zero-order valence-corrected chi connectivity index (χ0v) is 17.5. The fourth-order valence-corrected chi connectivity index (χ4v) is 3.29. The molecule has 4 aromatic rings. The van der Waals surface area contributed by atoms with Gasteiger partial charge in [-0.25, -0.2) is 18.1 Å². The maximum absolute atomic E-state index is 13.7. The monoisotopic (exact) mass is 437 g/mol. The molecule has 0 fully saturated rings. The molecule has 1 N–H and O–H groups in total. The van der Waals surface area contributed by atoms with Crippen molar-refractivity contribution in [2.24, 2.45) is 0 Å². The van der Waals surface area contributed by atoms with E-state index in [1.165, 1.54) is 16.8 Å². The zero-order valence-electron chi connectivity index (χ0n) is 17.5. The van der Waals surface area contributed by atoms with Crippen LogP contribution in [0, 0.1) is 25.5 Å². The minimum absolute atomic E-state index is 0.103. The lowest BCUT2D eigenvalue weighted by Gasteiger charge is -2.07. The minimum atomic E-state index is -0.808. The van der Waals surface area contributed by atoms with E-state index in [0.717, 1.165) is 34.8 Å². The first kappa shape index (κ1) is 21.2. The number of halogens is 2. The standard InChI is InChI=1S/C23H21F2N5O2/c1-15-19(16(2)30(27-15)18-6-4-3-5-7-18)13-26-23(31)21-10-11-29(28-21)14-32-22-9-8-17(24)12-20(22)25/h3-12H,13-14H2,1-2H3,(H,26,31). The topological polar surface area (TPSA) is 74.0 Å². The summed E-state index contributed by atoms with van der Waals surface area (Å²) < 4.78 is 35.1. The molecule has 164 valence electrons. The Balaban J connectivity index is 1.38. The normalized spacial score (nSPS) is 10.9. The van der Waals surface area contributed by atoms with E-state index in [4.69, 9.17) is 4.74 Å². The third-order valence-corrected chi connectivity index (χ3v) is 4.99. The summed E-state index contributed by atoms with van der Waals surface area (Å²) in [4.78, 5) is 12.5. The highest BCUT2D eigenvalue weighted by atomic mass is 19.1. The van der Waals surface area contributed by atoms with Gasteiger partial charge in [-0.3, -0.25) is 4.79 Å². The molecule has 32 heavy (non-hydrogen) atoms. The first-order chi connectivity index (χ1) is 15.4. The summed E-state index contributed by atoms with van der Waals surface area (Å²) in [5.41, 5.74) is 3.83. The molecular formula is C23H21F2N5O2. The van der Waals surface area contributed by atoms with E-state index < -0.39 is 11.6 Å². The van der Waals surface area contributed by atoms with E-state index in [0.29, 0.717) is 6.54 Å². The van der Waals surface area contributed by atoms with Crippen molar-refractivity contribution in [3.05, 3.63) is 95.1 Å². The van der Waals surface area contributed by atoms with Crippen molar-refractivity contribution in [3.8, 4) is 11.4 Å². The smallest absolute Gasteiger partial charge is 0.272 e. The Labute approximate surface area is 183 Å². The Morgan fingerprint density at radius 3 is 2.59 bits per heavy atom. The Morgan fingerprint density at radius 1 is 1.06 bits per heavy atom. The van der Waals surface area contributed by atoms with Crippen LogP contribution in [0.15, 0.2) is 60.8 Å². The number of para-hydroxylation sites is 1. The maximum Gasteiger partial charge on any atom is 0.272 e. The van der Waals surface area contributed by atoms with Crippen LogP contribution in [0.4, 0.5) is 8.78 Å². The van der Waals surface area contributed by atoms with Crippen LogP contribution in [0.1, 0.15) is 27.4 Å². The molecule has 9 heteroatoms. The van der Waals surface area contributed by atoms with E-state index in [-0.39, 0.29) is 24.1 Å². The fourth-order valence-electron chi connectivity index (χ4n) is 3.29. The number of aryl methyl sites for hydroxylation is 1. The minimum Gasteiger partial charge on any atom is -0.468 e. The summed E-state index contributed by atoms with van der Waals surface area (Å²) in [6.45, 7) is 4.02. The second-order valence-electron chi connectivity index (χ2n) is 7.17. The lowest BCUT2D eigenvalue weighted by Crippen LogP contribution is -2.24. The molecule has 0 atom stereocenters. The Morgan fingerprint density at radius 2 is 1.84 bits per heavy atom. The summed E-state index contributed by atoms with van der Waals surface area (Å²) in [6.07, 6.45) is 1.54. The van der Waals surface area contributed by atoms with Crippen molar-refractivity contribution in [2.75, 3.05) is 0 Å². The van der Waals surface area contributed by atoms with Gasteiger partial charge in [0.25, 0.3) is 5.91 Å². The van der Waals surface area contributed by atoms with Crippen molar-refractivity contribution >= 4 is 5.91 Å². The molecule has 0 saturated heterocycles. The van der Waals surface area contributed by atoms with Crippen LogP contribution in [0.5, 0.6) is 5.75 Å². The lowest BCUT2D eigenvalue weighted by atomic mass is 10.2. The van der Waals surface area contributed by atoms with Crippen LogP contribution < -0.4 is 10.1 Å². The Bertz CT molecular complexity index is 1250. The number of hydrogen-bond acceptors (Lipinski definition) is 4. The van der Waals surface area contributed by atoms with Gasteiger partial charge < -0.3 is 10.1 Å². The van der Waals surface area contributed by atoms with Crippen LogP contribution in [-0.2, 0) is 13.3 Å². The molecular weight excluding hydrogens is 416 g/mol. The number of aromatic nitrogens is 4. The summed E-state index contributed by atoms with van der Waals surface area (Å²) in [7, 11) is 0. The summed E-state index contributed by atoms with van der Waals surface area (Å²) in [5.74, 6) is -1.96. The lowest BCUT2D eigenvalue weighted by molar-refractivity contribution is 0.0943. The molecule has 4 rings (SSSR count). The van der Waals surface area contributed by atoms with Crippen molar-refractivity contribution in [3.63, 3.8) is 0 Å². The van der Waals surface area contributed by atoms with Gasteiger partial charge in [0.05, 0.1) is 11.4 Å². The van der Waals surface area contributed by atoms with Gasteiger partial charge in [-0.2, -0.15) is 10.2 Å². The molecule has 2 aromatic carbocycles. The number of hydrogen-bond donors (Lipinski definition) is 1. The number of rotatable bonds is 7. The molecule has 7 nitrogen and oxygen atoms in total. The predicted molar refractivity (Wildman–Crippen MR) is 113 cm³/mol. The summed E-state index contributed by atoms with van der Waals surface area (Å²) >= 11 is 0. The van der Waals surface area contributed by atoms with Gasteiger partial charge in [0.1, 0.15) is 11.5 Å². The van der Waals surface area contributed by atoms with Crippen LogP contribution in [0.3, 0.4) is 0 Å². The van der Waals surface area contributed by atoms with Gasteiger partial charge in [0, 0.05) is 30.1 Å². The third kappa shape index (κ3) is 4.51. The number of carbonyl (C=O) groups is 1. The highest BCUT2D eigenvalue weighted by Crippen LogP contribution is 2.19. The van der Waals surface area contributed by atoms with Gasteiger partial charge >= 0.3 is 0 Å². The SMILES string of the molecule is Cc1nn(-c2ccccc2)c(C)c1CNC(=O)c1ccn(COc2ccc(F)cc2F)n1. The van der Waals surface area contributed by atoms with Gasteiger partial charge in [-0.1, -0.05) is 18.2 Å². The van der Waals surface area contributed by atoms with Gasteiger partial charge in [0.15, 0.2) is 18.3 Å². The number of amides is 1. The van der Waals surface area contributed by atoms with Gasteiger partial charge in [0.2, 0.25) is 0 Å². The number of nitrogens with one attached hydrogen (secondary N) is 1. The molecule has 0 aliphatic rings. The first-order valence-corrected chi connectivity index (χ1v) is 9.92. The molecule has 1 amide bonds. The van der Waals surface area contributed by atoms with Crippen LogP contribution in [-0.4, -0.2) is 25.5 Å². The van der Waals surface area contributed by atoms with E-state index >= 15 is 0 Å². The van der Waals surface area contributed by atoms with Crippen LogP contribution in [0.25, 0.3) is 5.69 Å². The van der Waals surface area contributed by atoms with Crippen molar-refractivity contribution < 1.29 is 18.3 Å². The number of nitrogens with zero attached hydrogens (tertiary/aromatic N) is 4. The predicted octanol–water partition coefficient (Wildman–Crippen LogP) is 3.93. The van der Waals surface area contributed by atoms with Gasteiger partial charge in [-0.15, -0.1) is 0 Å². The number of carbonyl (C=O) groups excluding carboxylic acids is 1. The quantitative estimate of drug-likeness (QED) is 0.476. The second kappa shape index (κ2) is 9.01. The largest absolute Gasteiger partial charge is 0.468 e. The molecule has 2 heterocycles. The molecule has 0 spiro atoms. The van der Waals surface area contributed by atoms with Crippen molar-refractivity contribution in [2.45, 2.75) is 27.1 Å². The second-order valence-corrected chi connectivity index (χ2v) is 7.17. The van der Waals surface area contributed by atoms with E-state index in [1.54, 1.807) is 6.20 Å². The number of ether oxygens (including phenoxy) is 1. The highest BCUT2D eigenvalue weighted by Gasteiger charge is 2.15. The molecule has 0 bridgehead atoms. The average Bonchev–Trinajstić information content (AvgIpc) is 3.37. The Kier molecular flexibility index (Phi) is 5.98. The highest BCUT2D eigenvalue weighted by molar-refractivity contribution is 5.92. The van der Waals surface area contributed by atoms with Crippen LogP contribution >= 0.6 is 0 Å². The molecule has 0 saturated carbocycles. The molecule has 0 aliphatic heterocycles. The zero-order chi connectivity index (χ0) is 22.7. The first-order valence-electron chi connectivity index (χ1n) is 9.92. The number of benzene rings is 2. The molecule has 2 aromatic heterocycles. The van der Waals surface area contributed by atoms with Crippen LogP contribution in [0.2, 0.25) is 0 Å². The van der Waals surface area contributed by atoms with E-state index in [1.807, 2.05) is 48.9 Å². The fraction of sp³-hybridized carbons (Fsp3) is 0.174. The van der Waals surface area contributed by atoms with E-state index in [2.05, 4.69) is 15.5 Å². The average molecular weight is 437 g/mol. The molecule has 0 unspecified atom stereocenters. The maximum atomic E-state index is 13.7.